The Morgan fingerprint density at radius 3 is 1.39 bits per heavy atom. The van der Waals surface area contributed by atoms with Crippen LogP contribution >= 0.6 is 0 Å². The fourth-order valence-electron chi connectivity index (χ4n) is 5.10. The highest BCUT2D eigenvalue weighted by Gasteiger charge is 2.19. The first kappa shape index (κ1) is 30.7. The highest BCUT2D eigenvalue weighted by Crippen LogP contribution is 2.37. The number of nitrogens with zero attached hydrogens (tertiary/aromatic N) is 4. The number of hydrogen-bond acceptors (Lipinski definition) is 9. The zero-order chi connectivity index (χ0) is 32.6. The van der Waals surface area contributed by atoms with Gasteiger partial charge in [0.1, 0.15) is 15.5 Å². The quantitative estimate of drug-likeness (QED) is 0.0874. The van der Waals surface area contributed by atoms with Crippen molar-refractivity contribution in [3.8, 4) is 11.1 Å². The van der Waals surface area contributed by atoms with Crippen molar-refractivity contribution in [2.24, 2.45) is 20.5 Å². The summed E-state index contributed by atoms with van der Waals surface area (Å²) < 4.78 is 67.5. The first-order chi connectivity index (χ1) is 21.9. The Kier molecular flexibility index (Phi) is 7.92. The number of benzene rings is 6. The van der Waals surface area contributed by atoms with Crippen LogP contribution in [-0.2, 0) is 20.2 Å². The standard InChI is InChI=1S/C33H25N5O6S2/c1-20-25-6-2-3-7-26(25)31(45(39,40)41)18-29(20)37-35-23-14-10-21(11-15-23)22-12-16-24(17-13-22)36-38-30-19-32(46(42,43)44)27-8-4-5-9-28(27)33(30)34/h2-19H,34H2,1H3,(H,39,40,41)(H,42,43,44). The molecule has 0 saturated carbocycles. The molecule has 4 N–H and O–H groups in total. The van der Waals surface area contributed by atoms with Crippen molar-refractivity contribution < 1.29 is 25.9 Å². The van der Waals surface area contributed by atoms with Gasteiger partial charge in [-0.3, -0.25) is 9.11 Å². The third-order valence-corrected chi connectivity index (χ3v) is 9.23. The molecule has 0 atom stereocenters. The summed E-state index contributed by atoms with van der Waals surface area (Å²) in [5.41, 5.74) is 10.4. The molecule has 0 bridgehead atoms. The Bertz CT molecular complexity index is 2250. The molecule has 6 aromatic carbocycles. The summed E-state index contributed by atoms with van der Waals surface area (Å²) in [7, 11) is -9.00. The zero-order valence-corrected chi connectivity index (χ0v) is 25.7. The van der Waals surface area contributed by atoms with Crippen molar-refractivity contribution >= 4 is 70.2 Å². The minimum atomic E-state index is -4.53. The summed E-state index contributed by atoms with van der Waals surface area (Å²) in [6, 6.07) is 30.3. The third kappa shape index (κ3) is 6.12. The number of hydrogen-bond donors (Lipinski definition) is 3. The van der Waals surface area contributed by atoms with Gasteiger partial charge in [0.05, 0.1) is 22.7 Å². The number of rotatable bonds is 7. The molecule has 13 heteroatoms. The van der Waals surface area contributed by atoms with E-state index in [1.807, 2.05) is 31.2 Å². The molecular weight excluding hydrogens is 627 g/mol. The largest absolute Gasteiger partial charge is 0.396 e. The second-order valence-corrected chi connectivity index (χ2v) is 13.1. The average molecular weight is 652 g/mol. The van der Waals surface area contributed by atoms with Crippen LogP contribution in [0.15, 0.2) is 139 Å². The van der Waals surface area contributed by atoms with E-state index in [2.05, 4.69) is 20.5 Å². The summed E-state index contributed by atoms with van der Waals surface area (Å²) in [5.74, 6) is 0. The van der Waals surface area contributed by atoms with Gasteiger partial charge in [0.25, 0.3) is 20.2 Å². The van der Waals surface area contributed by atoms with Gasteiger partial charge < -0.3 is 5.73 Å². The van der Waals surface area contributed by atoms with E-state index in [-0.39, 0.29) is 26.6 Å². The maximum Gasteiger partial charge on any atom is 0.295 e. The fourth-order valence-corrected chi connectivity index (χ4v) is 6.53. The minimum absolute atomic E-state index is 0.105. The molecule has 0 saturated heterocycles. The van der Waals surface area contributed by atoms with Crippen LogP contribution in [-0.4, -0.2) is 25.9 Å². The average Bonchev–Trinajstić information content (AvgIpc) is 3.04. The lowest BCUT2D eigenvalue weighted by molar-refractivity contribution is 0.482. The molecule has 0 amide bonds. The third-order valence-electron chi connectivity index (χ3n) is 7.45. The molecule has 0 aromatic heterocycles. The number of aryl methyl sites for hydroxylation is 1. The maximum absolute atomic E-state index is 12.0. The van der Waals surface area contributed by atoms with Gasteiger partial charge in [0.15, 0.2) is 0 Å². The van der Waals surface area contributed by atoms with E-state index in [0.29, 0.717) is 33.2 Å². The molecule has 0 radical (unpaired) electrons. The molecule has 0 aliphatic rings. The molecule has 0 aliphatic carbocycles. The summed E-state index contributed by atoms with van der Waals surface area (Å²) in [5, 5.41) is 18.7. The first-order valence-corrected chi connectivity index (χ1v) is 16.6. The lowest BCUT2D eigenvalue weighted by atomic mass is 10.0. The number of azo groups is 2. The molecule has 0 fully saturated rings. The highest BCUT2D eigenvalue weighted by atomic mass is 32.2. The molecule has 0 spiro atoms. The van der Waals surface area contributed by atoms with Crippen LogP contribution in [0.5, 0.6) is 0 Å². The van der Waals surface area contributed by atoms with E-state index in [0.717, 1.165) is 16.7 Å². The second kappa shape index (κ2) is 11.9. The molecule has 0 heterocycles. The van der Waals surface area contributed by atoms with E-state index in [1.54, 1.807) is 72.8 Å². The highest BCUT2D eigenvalue weighted by molar-refractivity contribution is 7.86. The van der Waals surface area contributed by atoms with Crippen LogP contribution in [0, 0.1) is 6.92 Å². The number of nitrogen functional groups attached to an aromatic ring is 1. The van der Waals surface area contributed by atoms with E-state index in [4.69, 9.17) is 5.73 Å². The first-order valence-electron chi connectivity index (χ1n) is 13.7. The molecular formula is C33H25N5O6S2. The predicted molar refractivity (Wildman–Crippen MR) is 177 cm³/mol. The van der Waals surface area contributed by atoms with Crippen LogP contribution in [0.1, 0.15) is 5.56 Å². The summed E-state index contributed by atoms with van der Waals surface area (Å²) in [4.78, 5) is -0.538. The zero-order valence-electron chi connectivity index (χ0n) is 24.1. The summed E-state index contributed by atoms with van der Waals surface area (Å²) in [6.07, 6.45) is 0. The maximum atomic E-state index is 12.0. The second-order valence-electron chi connectivity index (χ2n) is 10.4. The van der Waals surface area contributed by atoms with Crippen LogP contribution in [0.25, 0.3) is 32.7 Å². The van der Waals surface area contributed by atoms with Crippen molar-refractivity contribution in [1.29, 1.82) is 0 Å². The fraction of sp³-hybridized carbons (Fsp3) is 0.0303. The molecule has 230 valence electrons. The molecule has 6 aromatic rings. The van der Waals surface area contributed by atoms with Crippen LogP contribution in [0.4, 0.5) is 28.4 Å². The molecule has 0 unspecified atom stereocenters. The molecule has 6 rings (SSSR count). The van der Waals surface area contributed by atoms with Gasteiger partial charge in [-0.25, -0.2) is 0 Å². The van der Waals surface area contributed by atoms with Crippen LogP contribution < -0.4 is 5.73 Å². The number of fused-ring (bicyclic) bond motifs is 2. The Morgan fingerprint density at radius 1 is 0.522 bits per heavy atom. The SMILES string of the molecule is Cc1c(N=Nc2ccc(-c3ccc(N=Nc4cc(S(=O)(=O)O)c5ccccc5c4N)cc3)cc2)cc(S(=O)(=O)O)c2ccccc12. The Morgan fingerprint density at radius 2 is 0.913 bits per heavy atom. The molecule has 11 nitrogen and oxygen atoms in total. The van der Waals surface area contributed by atoms with Crippen molar-refractivity contribution in [3.63, 3.8) is 0 Å². The lowest BCUT2D eigenvalue weighted by Gasteiger charge is -2.09. The van der Waals surface area contributed by atoms with Crippen molar-refractivity contribution in [2.45, 2.75) is 16.7 Å². The van der Waals surface area contributed by atoms with Gasteiger partial charge in [-0.2, -0.15) is 32.2 Å². The van der Waals surface area contributed by atoms with Gasteiger partial charge in [0.2, 0.25) is 0 Å². The normalized spacial score (nSPS) is 12.5. The molecule has 46 heavy (non-hydrogen) atoms. The monoisotopic (exact) mass is 651 g/mol. The summed E-state index contributed by atoms with van der Waals surface area (Å²) >= 11 is 0. The number of nitrogens with two attached hydrogens (primary N) is 1. The van der Waals surface area contributed by atoms with Crippen molar-refractivity contribution in [1.82, 2.24) is 0 Å². The molecule has 0 aliphatic heterocycles. The smallest absolute Gasteiger partial charge is 0.295 e. The number of anilines is 1. The van der Waals surface area contributed by atoms with Gasteiger partial charge in [0, 0.05) is 16.2 Å². The van der Waals surface area contributed by atoms with Gasteiger partial charge in [-0.1, -0.05) is 72.8 Å². The minimum Gasteiger partial charge on any atom is -0.396 e. The van der Waals surface area contributed by atoms with E-state index in [9.17, 15) is 25.9 Å². The van der Waals surface area contributed by atoms with Gasteiger partial charge in [-0.05, 0) is 65.4 Å². The van der Waals surface area contributed by atoms with Crippen molar-refractivity contribution in [2.75, 3.05) is 5.73 Å². The van der Waals surface area contributed by atoms with Crippen molar-refractivity contribution in [3.05, 3.63) is 115 Å². The topological polar surface area (TPSA) is 184 Å². The van der Waals surface area contributed by atoms with E-state index >= 15 is 0 Å². The lowest BCUT2D eigenvalue weighted by Crippen LogP contribution is -2.01. The summed E-state index contributed by atoms with van der Waals surface area (Å²) in [6.45, 7) is 1.81. The Balaban J connectivity index is 1.22. The van der Waals surface area contributed by atoms with Gasteiger partial charge >= 0.3 is 0 Å². The van der Waals surface area contributed by atoms with Gasteiger partial charge in [-0.15, -0.1) is 5.11 Å². The van der Waals surface area contributed by atoms with Crippen LogP contribution in [0.2, 0.25) is 0 Å². The van der Waals surface area contributed by atoms with E-state index < -0.39 is 20.2 Å². The Hall–Kier alpha value is -5.34. The Labute approximate surface area is 264 Å². The predicted octanol–water partition coefficient (Wildman–Crippen LogP) is 8.87. The van der Waals surface area contributed by atoms with E-state index in [1.165, 1.54) is 12.1 Å². The van der Waals surface area contributed by atoms with Crippen LogP contribution in [0.3, 0.4) is 0 Å².